The summed E-state index contributed by atoms with van der Waals surface area (Å²) >= 11 is 3.58. The predicted octanol–water partition coefficient (Wildman–Crippen LogP) is 4.52. The number of hydrogen-bond donors (Lipinski definition) is 1. The van der Waals surface area contributed by atoms with Gasteiger partial charge in [0.1, 0.15) is 0 Å². The number of benzene rings is 1. The molecule has 1 aromatic carbocycles. The van der Waals surface area contributed by atoms with E-state index in [1.165, 1.54) is 27.7 Å². The Morgan fingerprint density at radius 2 is 1.73 bits per heavy atom. The molecule has 0 unspecified atom stereocenters. The largest absolute Gasteiger partial charge is 0.385 e. The van der Waals surface area contributed by atoms with Crippen LogP contribution in [0.1, 0.15) is 31.4 Å². The second kappa shape index (κ2) is 5.55. The third-order valence-electron chi connectivity index (χ3n) is 2.49. The van der Waals surface area contributed by atoms with Crippen LogP contribution in [0.25, 0.3) is 0 Å². The Morgan fingerprint density at radius 3 is 2.20 bits per heavy atom. The van der Waals surface area contributed by atoms with Crippen LogP contribution in [0.15, 0.2) is 16.6 Å². The Labute approximate surface area is 101 Å². The Hall–Kier alpha value is -0.500. The summed E-state index contributed by atoms with van der Waals surface area (Å²) in [6, 6.07) is 4.38. The van der Waals surface area contributed by atoms with E-state index in [4.69, 9.17) is 0 Å². The molecule has 1 aromatic rings. The normalized spacial score (nSPS) is 10.8. The van der Waals surface area contributed by atoms with Crippen LogP contribution >= 0.6 is 15.9 Å². The van der Waals surface area contributed by atoms with Crippen molar-refractivity contribution in [3.8, 4) is 0 Å². The Morgan fingerprint density at radius 1 is 1.20 bits per heavy atom. The minimum atomic E-state index is 0.759. The first-order chi connectivity index (χ1) is 7.00. The number of rotatable bonds is 4. The van der Waals surface area contributed by atoms with E-state index in [0.717, 1.165) is 12.5 Å². The van der Waals surface area contributed by atoms with Gasteiger partial charge in [0.2, 0.25) is 0 Å². The lowest BCUT2D eigenvalue weighted by atomic mass is 10.1. The van der Waals surface area contributed by atoms with E-state index >= 15 is 0 Å². The van der Waals surface area contributed by atoms with Gasteiger partial charge in [-0.15, -0.1) is 0 Å². The number of nitrogens with one attached hydrogen (secondary N) is 1. The molecule has 0 amide bonds. The zero-order chi connectivity index (χ0) is 11.4. The van der Waals surface area contributed by atoms with Gasteiger partial charge in [0.15, 0.2) is 0 Å². The van der Waals surface area contributed by atoms with Crippen molar-refractivity contribution in [2.45, 2.75) is 34.1 Å². The molecule has 1 N–H and O–H groups in total. The fourth-order valence-electron chi connectivity index (χ4n) is 1.55. The van der Waals surface area contributed by atoms with Crippen LogP contribution < -0.4 is 5.32 Å². The molecule has 0 fully saturated rings. The van der Waals surface area contributed by atoms with Crippen LogP contribution in [0, 0.1) is 19.8 Å². The van der Waals surface area contributed by atoms with Crippen LogP contribution in [0.3, 0.4) is 0 Å². The van der Waals surface area contributed by atoms with Crippen LogP contribution in [0.5, 0.6) is 0 Å². The summed E-state index contributed by atoms with van der Waals surface area (Å²) in [5.41, 5.74) is 3.82. The molecule has 0 saturated carbocycles. The zero-order valence-electron chi connectivity index (χ0n) is 10.0. The van der Waals surface area contributed by atoms with Crippen molar-refractivity contribution in [3.63, 3.8) is 0 Å². The average molecular weight is 270 g/mol. The molecular formula is C13H20BrN. The maximum Gasteiger partial charge on any atom is 0.0346 e. The quantitative estimate of drug-likeness (QED) is 0.847. The molecule has 0 radical (unpaired) electrons. The summed E-state index contributed by atoms with van der Waals surface area (Å²) in [5, 5.41) is 3.46. The Balaban J connectivity index is 2.63. The van der Waals surface area contributed by atoms with Gasteiger partial charge in [-0.1, -0.05) is 29.8 Å². The van der Waals surface area contributed by atoms with Gasteiger partial charge in [0.25, 0.3) is 0 Å². The molecule has 0 bridgehead atoms. The molecule has 2 heteroatoms. The minimum absolute atomic E-state index is 0.759. The summed E-state index contributed by atoms with van der Waals surface area (Å²) < 4.78 is 1.22. The summed E-state index contributed by atoms with van der Waals surface area (Å²) in [6.07, 6.45) is 1.22. The summed E-state index contributed by atoms with van der Waals surface area (Å²) in [5.74, 6) is 0.759. The van der Waals surface area contributed by atoms with Gasteiger partial charge in [-0.2, -0.15) is 0 Å². The SMILES string of the molecule is Cc1cc(NCCC(C)C)cc(C)c1Br. The minimum Gasteiger partial charge on any atom is -0.385 e. The van der Waals surface area contributed by atoms with Crippen LogP contribution in [-0.2, 0) is 0 Å². The standard InChI is InChI=1S/C13H20BrN/c1-9(2)5-6-15-12-7-10(3)13(14)11(4)8-12/h7-9,15H,5-6H2,1-4H3. The predicted molar refractivity (Wildman–Crippen MR) is 71.6 cm³/mol. The van der Waals surface area contributed by atoms with E-state index in [9.17, 15) is 0 Å². The van der Waals surface area contributed by atoms with Crippen molar-refractivity contribution in [1.29, 1.82) is 0 Å². The smallest absolute Gasteiger partial charge is 0.0346 e. The van der Waals surface area contributed by atoms with E-state index in [-0.39, 0.29) is 0 Å². The van der Waals surface area contributed by atoms with Crippen molar-refractivity contribution < 1.29 is 0 Å². The van der Waals surface area contributed by atoms with E-state index in [1.54, 1.807) is 0 Å². The molecule has 0 atom stereocenters. The maximum absolute atomic E-state index is 3.58. The maximum atomic E-state index is 3.58. The van der Waals surface area contributed by atoms with E-state index in [2.05, 4.69) is 61.1 Å². The lowest BCUT2D eigenvalue weighted by Gasteiger charge is -2.11. The first kappa shape index (κ1) is 12.6. The van der Waals surface area contributed by atoms with Crippen molar-refractivity contribution in [2.75, 3.05) is 11.9 Å². The molecule has 0 aliphatic heterocycles. The highest BCUT2D eigenvalue weighted by atomic mass is 79.9. The van der Waals surface area contributed by atoms with Gasteiger partial charge >= 0.3 is 0 Å². The lowest BCUT2D eigenvalue weighted by Crippen LogP contribution is -2.05. The molecule has 0 saturated heterocycles. The lowest BCUT2D eigenvalue weighted by molar-refractivity contribution is 0.607. The van der Waals surface area contributed by atoms with E-state index in [0.29, 0.717) is 0 Å². The fourth-order valence-corrected chi connectivity index (χ4v) is 1.78. The first-order valence-corrected chi connectivity index (χ1v) is 6.30. The van der Waals surface area contributed by atoms with E-state index in [1.807, 2.05) is 0 Å². The highest BCUT2D eigenvalue weighted by Crippen LogP contribution is 2.24. The molecule has 1 nitrogen and oxygen atoms in total. The highest BCUT2D eigenvalue weighted by Gasteiger charge is 2.02. The van der Waals surface area contributed by atoms with Gasteiger partial charge in [-0.25, -0.2) is 0 Å². The van der Waals surface area contributed by atoms with Crippen molar-refractivity contribution in [1.82, 2.24) is 0 Å². The number of hydrogen-bond acceptors (Lipinski definition) is 1. The van der Waals surface area contributed by atoms with Gasteiger partial charge in [0, 0.05) is 16.7 Å². The topological polar surface area (TPSA) is 12.0 Å². The monoisotopic (exact) mass is 269 g/mol. The number of halogens is 1. The third kappa shape index (κ3) is 3.86. The van der Waals surface area contributed by atoms with Gasteiger partial charge in [-0.05, 0) is 49.4 Å². The molecule has 84 valence electrons. The molecule has 0 heterocycles. The van der Waals surface area contributed by atoms with Crippen LogP contribution in [0.4, 0.5) is 5.69 Å². The van der Waals surface area contributed by atoms with Crippen LogP contribution in [-0.4, -0.2) is 6.54 Å². The van der Waals surface area contributed by atoms with Crippen LogP contribution in [0.2, 0.25) is 0 Å². The number of anilines is 1. The molecule has 15 heavy (non-hydrogen) atoms. The third-order valence-corrected chi connectivity index (χ3v) is 3.74. The van der Waals surface area contributed by atoms with Gasteiger partial charge in [-0.3, -0.25) is 0 Å². The summed E-state index contributed by atoms with van der Waals surface area (Å²) in [6.45, 7) is 9.81. The Kier molecular flexibility index (Phi) is 4.65. The Bertz CT molecular complexity index is 308. The summed E-state index contributed by atoms with van der Waals surface area (Å²) in [7, 11) is 0. The second-order valence-electron chi connectivity index (χ2n) is 4.53. The fraction of sp³-hybridized carbons (Fsp3) is 0.538. The number of aryl methyl sites for hydroxylation is 2. The molecule has 0 spiro atoms. The van der Waals surface area contributed by atoms with E-state index < -0.39 is 0 Å². The first-order valence-electron chi connectivity index (χ1n) is 5.51. The van der Waals surface area contributed by atoms with Gasteiger partial charge in [0.05, 0.1) is 0 Å². The highest BCUT2D eigenvalue weighted by molar-refractivity contribution is 9.10. The second-order valence-corrected chi connectivity index (χ2v) is 5.33. The van der Waals surface area contributed by atoms with Crippen molar-refractivity contribution in [3.05, 3.63) is 27.7 Å². The molecule has 0 aromatic heterocycles. The molecular weight excluding hydrogens is 250 g/mol. The van der Waals surface area contributed by atoms with Crippen molar-refractivity contribution in [2.24, 2.45) is 5.92 Å². The average Bonchev–Trinajstić information content (AvgIpc) is 2.13. The van der Waals surface area contributed by atoms with Crippen molar-refractivity contribution >= 4 is 21.6 Å². The zero-order valence-corrected chi connectivity index (χ0v) is 11.6. The molecule has 0 aliphatic rings. The molecule has 1 rings (SSSR count). The summed E-state index contributed by atoms with van der Waals surface area (Å²) in [4.78, 5) is 0. The van der Waals surface area contributed by atoms with Gasteiger partial charge < -0.3 is 5.32 Å². The molecule has 0 aliphatic carbocycles.